The number of nitrogens with one attached hydrogen (secondary N) is 1. The fraction of sp³-hybridized carbons (Fsp3) is 0.400. The van der Waals surface area contributed by atoms with Crippen LogP contribution in [-0.4, -0.2) is 23.4 Å². The number of nitrogens with zero attached hydrogens (tertiary/aromatic N) is 2. The van der Waals surface area contributed by atoms with E-state index in [-0.39, 0.29) is 0 Å². The van der Waals surface area contributed by atoms with Gasteiger partial charge in [-0.05, 0) is 45.0 Å². The highest BCUT2D eigenvalue weighted by atomic mass is 35.5. The molecule has 3 nitrogen and oxygen atoms in total. The lowest BCUT2D eigenvalue weighted by Crippen LogP contribution is -2.15. The first-order valence-corrected chi connectivity index (χ1v) is 7.37. The van der Waals surface area contributed by atoms with E-state index in [1.807, 2.05) is 30.8 Å². The van der Waals surface area contributed by atoms with E-state index >= 15 is 0 Å². The zero-order valence-electron chi connectivity index (χ0n) is 12.2. The van der Waals surface area contributed by atoms with Crippen LogP contribution in [0.5, 0.6) is 0 Å². The molecule has 1 heterocycles. The molecule has 0 saturated carbocycles. The van der Waals surface area contributed by atoms with Crippen LogP contribution in [0.15, 0.2) is 18.2 Å². The number of halogens is 2. The van der Waals surface area contributed by atoms with Gasteiger partial charge in [0.15, 0.2) is 0 Å². The number of aryl methyl sites for hydroxylation is 1. The lowest BCUT2D eigenvalue weighted by molar-refractivity contribution is 0.670. The summed E-state index contributed by atoms with van der Waals surface area (Å²) in [4.78, 5) is 0. The highest BCUT2D eigenvalue weighted by molar-refractivity contribution is 6.35. The third-order valence-electron chi connectivity index (χ3n) is 3.49. The van der Waals surface area contributed by atoms with Crippen molar-refractivity contribution < 1.29 is 0 Å². The van der Waals surface area contributed by atoms with Gasteiger partial charge in [-0.2, -0.15) is 5.10 Å². The smallest absolute Gasteiger partial charge is 0.0836 e. The van der Waals surface area contributed by atoms with Crippen LogP contribution < -0.4 is 5.32 Å². The van der Waals surface area contributed by atoms with Crippen molar-refractivity contribution >= 4 is 23.2 Å². The molecule has 108 valence electrons. The summed E-state index contributed by atoms with van der Waals surface area (Å²) in [7, 11) is 1.96. The summed E-state index contributed by atoms with van der Waals surface area (Å²) in [5, 5.41) is 9.08. The van der Waals surface area contributed by atoms with Crippen molar-refractivity contribution in [3.8, 4) is 5.69 Å². The molecule has 2 rings (SSSR count). The average molecular weight is 312 g/mol. The Morgan fingerprint density at radius 1 is 1.30 bits per heavy atom. The molecule has 1 aromatic carbocycles. The fourth-order valence-electron chi connectivity index (χ4n) is 2.66. The average Bonchev–Trinajstić information content (AvgIpc) is 2.65. The lowest BCUT2D eigenvalue weighted by atomic mass is 9.99. The Hall–Kier alpha value is -1.03. The van der Waals surface area contributed by atoms with Crippen LogP contribution in [0, 0.1) is 13.8 Å². The highest BCUT2D eigenvalue weighted by Gasteiger charge is 2.18. The Morgan fingerprint density at radius 2 is 2.00 bits per heavy atom. The topological polar surface area (TPSA) is 29.9 Å². The van der Waals surface area contributed by atoms with E-state index in [4.69, 9.17) is 23.2 Å². The second kappa shape index (κ2) is 6.17. The summed E-state index contributed by atoms with van der Waals surface area (Å²) in [6.45, 7) is 7.23. The Balaban J connectivity index is 2.51. The molecule has 0 fully saturated rings. The van der Waals surface area contributed by atoms with E-state index in [1.165, 1.54) is 5.56 Å². The third-order valence-corrected chi connectivity index (χ3v) is 4.03. The summed E-state index contributed by atoms with van der Waals surface area (Å²) >= 11 is 12.2. The van der Waals surface area contributed by atoms with Gasteiger partial charge in [-0.1, -0.05) is 30.1 Å². The maximum Gasteiger partial charge on any atom is 0.0836 e. The molecule has 1 N–H and O–H groups in total. The number of rotatable bonds is 4. The normalized spacial score (nSPS) is 12.7. The Morgan fingerprint density at radius 3 is 2.60 bits per heavy atom. The molecule has 5 heteroatoms. The second-order valence-electron chi connectivity index (χ2n) is 5.05. The number of benzene rings is 1. The zero-order chi connectivity index (χ0) is 14.9. The van der Waals surface area contributed by atoms with E-state index < -0.39 is 0 Å². The van der Waals surface area contributed by atoms with Gasteiger partial charge in [-0.25, -0.2) is 4.68 Å². The number of likely N-dealkylation sites (N-methyl/N-ethyl adjacent to an activating group) is 1. The summed E-state index contributed by atoms with van der Waals surface area (Å²) in [6.07, 6.45) is 0. The second-order valence-corrected chi connectivity index (χ2v) is 5.89. The maximum absolute atomic E-state index is 6.28. The molecule has 0 saturated heterocycles. The van der Waals surface area contributed by atoms with Gasteiger partial charge in [0.25, 0.3) is 0 Å². The maximum atomic E-state index is 6.28. The molecule has 20 heavy (non-hydrogen) atoms. The largest absolute Gasteiger partial charge is 0.319 e. The molecule has 1 aromatic heterocycles. The van der Waals surface area contributed by atoms with Gasteiger partial charge in [0, 0.05) is 22.8 Å². The minimum atomic E-state index is 0.403. The van der Waals surface area contributed by atoms with Gasteiger partial charge >= 0.3 is 0 Å². The summed E-state index contributed by atoms with van der Waals surface area (Å²) in [5.41, 5.74) is 4.29. The lowest BCUT2D eigenvalue weighted by Gasteiger charge is -2.12. The van der Waals surface area contributed by atoms with Crippen LogP contribution in [0.2, 0.25) is 10.0 Å². The summed E-state index contributed by atoms with van der Waals surface area (Å²) in [6, 6.07) is 5.47. The van der Waals surface area contributed by atoms with Gasteiger partial charge in [0.1, 0.15) is 0 Å². The van der Waals surface area contributed by atoms with E-state index in [2.05, 4.69) is 24.3 Å². The van der Waals surface area contributed by atoms with Gasteiger partial charge in [0.05, 0.1) is 16.4 Å². The first kappa shape index (κ1) is 15.4. The molecule has 0 spiro atoms. The van der Waals surface area contributed by atoms with E-state index in [0.29, 0.717) is 16.0 Å². The molecule has 1 atom stereocenters. The third kappa shape index (κ3) is 2.85. The summed E-state index contributed by atoms with van der Waals surface area (Å²) < 4.78 is 1.90. The molecule has 0 amide bonds. The Kier molecular flexibility index (Phi) is 4.74. The molecule has 0 aliphatic carbocycles. The van der Waals surface area contributed by atoms with Gasteiger partial charge in [-0.15, -0.1) is 0 Å². The van der Waals surface area contributed by atoms with Gasteiger partial charge in [-0.3, -0.25) is 0 Å². The predicted octanol–water partition coefficient (Wildman–Crippen LogP) is 4.12. The van der Waals surface area contributed by atoms with Gasteiger partial charge < -0.3 is 5.32 Å². The van der Waals surface area contributed by atoms with Crippen molar-refractivity contribution in [2.45, 2.75) is 26.7 Å². The fourth-order valence-corrected chi connectivity index (χ4v) is 3.15. The molecule has 0 aliphatic heterocycles. The molecule has 0 bridgehead atoms. The Labute approximate surface area is 129 Å². The van der Waals surface area contributed by atoms with Crippen LogP contribution in [0.25, 0.3) is 5.69 Å². The van der Waals surface area contributed by atoms with Gasteiger partial charge in [0.2, 0.25) is 0 Å². The first-order chi connectivity index (χ1) is 9.45. The monoisotopic (exact) mass is 311 g/mol. The van der Waals surface area contributed by atoms with Crippen molar-refractivity contribution in [2.75, 3.05) is 13.6 Å². The molecular weight excluding hydrogens is 293 g/mol. The van der Waals surface area contributed by atoms with Crippen LogP contribution in [-0.2, 0) is 0 Å². The van der Waals surface area contributed by atoms with Crippen LogP contribution in [0.3, 0.4) is 0 Å². The minimum absolute atomic E-state index is 0.403. The van der Waals surface area contributed by atoms with E-state index in [1.54, 1.807) is 6.07 Å². The van der Waals surface area contributed by atoms with E-state index in [9.17, 15) is 0 Å². The molecule has 2 aromatic rings. The van der Waals surface area contributed by atoms with Crippen molar-refractivity contribution in [1.29, 1.82) is 0 Å². The van der Waals surface area contributed by atoms with Crippen LogP contribution in [0.1, 0.15) is 29.8 Å². The quantitative estimate of drug-likeness (QED) is 0.920. The molecule has 1 unspecified atom stereocenters. The minimum Gasteiger partial charge on any atom is -0.319 e. The summed E-state index contributed by atoms with van der Waals surface area (Å²) in [5.74, 6) is 0.403. The predicted molar refractivity (Wildman–Crippen MR) is 85.4 cm³/mol. The zero-order valence-corrected chi connectivity index (χ0v) is 13.7. The Bertz CT molecular complexity index is 620. The van der Waals surface area contributed by atoms with Crippen molar-refractivity contribution in [3.63, 3.8) is 0 Å². The number of hydrogen-bond donors (Lipinski definition) is 1. The highest BCUT2D eigenvalue weighted by Crippen LogP contribution is 2.29. The number of aromatic nitrogens is 2. The van der Waals surface area contributed by atoms with Crippen molar-refractivity contribution in [1.82, 2.24) is 15.1 Å². The SMILES string of the molecule is CNCC(C)c1c(C)nn(-c2ccc(Cl)cc2Cl)c1C. The molecule has 0 aliphatic rings. The van der Waals surface area contributed by atoms with E-state index in [0.717, 1.165) is 23.6 Å². The molecular formula is C15H19Cl2N3. The van der Waals surface area contributed by atoms with Crippen molar-refractivity contribution in [2.24, 2.45) is 0 Å². The van der Waals surface area contributed by atoms with Crippen molar-refractivity contribution in [3.05, 3.63) is 45.2 Å². The number of hydrogen-bond acceptors (Lipinski definition) is 2. The first-order valence-electron chi connectivity index (χ1n) is 6.61. The van der Waals surface area contributed by atoms with Crippen LogP contribution >= 0.6 is 23.2 Å². The standard InChI is InChI=1S/C15H19Cl2N3/c1-9(8-18-4)15-10(2)19-20(11(15)3)14-6-5-12(16)7-13(14)17/h5-7,9,18H,8H2,1-4H3. The molecule has 0 radical (unpaired) electrons. The van der Waals surface area contributed by atoms with Crippen LogP contribution in [0.4, 0.5) is 0 Å².